The Bertz CT molecular complexity index is 796. The molecule has 0 fully saturated rings. The van der Waals surface area contributed by atoms with Crippen LogP contribution in [0.5, 0.6) is 0 Å². The highest BCUT2D eigenvalue weighted by Crippen LogP contribution is 2.30. The summed E-state index contributed by atoms with van der Waals surface area (Å²) in [7, 11) is 0. The number of aromatic nitrogens is 1. The number of carbonyl (C=O) groups is 1. The van der Waals surface area contributed by atoms with Crippen molar-refractivity contribution in [3.8, 4) is 9.88 Å². The van der Waals surface area contributed by atoms with Crippen molar-refractivity contribution in [2.75, 3.05) is 0 Å². The summed E-state index contributed by atoms with van der Waals surface area (Å²) in [6, 6.07) is 9.96. The van der Waals surface area contributed by atoms with Crippen LogP contribution >= 0.6 is 22.7 Å². The van der Waals surface area contributed by atoms with Gasteiger partial charge in [0.1, 0.15) is 10.8 Å². The van der Waals surface area contributed by atoms with Crippen LogP contribution in [0.4, 0.5) is 4.39 Å². The number of halogens is 1. The van der Waals surface area contributed by atoms with E-state index >= 15 is 0 Å². The lowest BCUT2D eigenvalue weighted by Crippen LogP contribution is -2.23. The van der Waals surface area contributed by atoms with Gasteiger partial charge in [0.2, 0.25) is 0 Å². The number of amides is 1. The largest absolute Gasteiger partial charge is 0.347 e. The molecule has 22 heavy (non-hydrogen) atoms. The number of thiophene rings is 1. The first-order chi connectivity index (χ1) is 10.6. The van der Waals surface area contributed by atoms with Crippen LogP contribution in [0.25, 0.3) is 9.88 Å². The molecule has 1 amide bonds. The Kier molecular flexibility index (Phi) is 4.31. The monoisotopic (exact) mass is 332 g/mol. The van der Waals surface area contributed by atoms with Crippen molar-refractivity contribution in [3.63, 3.8) is 0 Å². The molecule has 3 aromatic rings. The maximum Gasteiger partial charge on any atom is 0.254 e. The maximum absolute atomic E-state index is 13.6. The van der Waals surface area contributed by atoms with Crippen molar-refractivity contribution in [2.24, 2.45) is 0 Å². The first-order valence-electron chi connectivity index (χ1n) is 6.68. The minimum atomic E-state index is -0.514. The Morgan fingerprint density at radius 3 is 2.82 bits per heavy atom. The number of rotatable bonds is 4. The van der Waals surface area contributed by atoms with Crippen molar-refractivity contribution in [2.45, 2.75) is 13.5 Å². The van der Waals surface area contributed by atoms with Crippen LogP contribution in [0.1, 0.15) is 20.9 Å². The number of nitrogens with one attached hydrogen (secondary N) is 1. The van der Waals surface area contributed by atoms with Crippen LogP contribution in [-0.4, -0.2) is 10.9 Å². The summed E-state index contributed by atoms with van der Waals surface area (Å²) in [5.41, 5.74) is 0.949. The molecule has 0 radical (unpaired) electrons. The molecule has 0 aliphatic rings. The van der Waals surface area contributed by atoms with E-state index in [4.69, 9.17) is 0 Å². The van der Waals surface area contributed by atoms with Gasteiger partial charge in [-0.25, -0.2) is 9.37 Å². The van der Waals surface area contributed by atoms with Gasteiger partial charge in [-0.2, -0.15) is 0 Å². The predicted octanol–water partition coefficient (Wildman–Crippen LogP) is 4.25. The van der Waals surface area contributed by atoms with Crippen molar-refractivity contribution < 1.29 is 9.18 Å². The Morgan fingerprint density at radius 1 is 1.27 bits per heavy atom. The van der Waals surface area contributed by atoms with Crippen LogP contribution in [0.3, 0.4) is 0 Å². The third-order valence-electron chi connectivity index (χ3n) is 3.15. The number of thiazole rings is 1. The quantitative estimate of drug-likeness (QED) is 0.776. The number of aryl methyl sites for hydroxylation is 1. The Morgan fingerprint density at radius 2 is 2.09 bits per heavy atom. The minimum absolute atomic E-state index is 0.0585. The molecule has 0 spiro atoms. The average Bonchev–Trinajstić information content (AvgIpc) is 3.15. The second kappa shape index (κ2) is 6.37. The summed E-state index contributed by atoms with van der Waals surface area (Å²) in [6.45, 7) is 2.26. The van der Waals surface area contributed by atoms with Crippen LogP contribution in [0.2, 0.25) is 0 Å². The second-order valence-electron chi connectivity index (χ2n) is 4.67. The molecule has 0 aliphatic carbocycles. The van der Waals surface area contributed by atoms with E-state index in [1.807, 2.05) is 24.4 Å². The van der Waals surface area contributed by atoms with Gasteiger partial charge in [0.15, 0.2) is 0 Å². The number of hydrogen-bond donors (Lipinski definition) is 1. The molecular formula is C16H13FN2OS2. The SMILES string of the molecule is Cc1nc(-c2cccs2)sc1CNC(=O)c1ccccc1F. The third-order valence-corrected chi connectivity index (χ3v) is 5.35. The van der Waals surface area contributed by atoms with Crippen molar-refractivity contribution in [1.82, 2.24) is 10.3 Å². The lowest BCUT2D eigenvalue weighted by Gasteiger charge is -2.04. The van der Waals surface area contributed by atoms with E-state index in [-0.39, 0.29) is 5.56 Å². The molecule has 0 atom stereocenters. The summed E-state index contributed by atoms with van der Waals surface area (Å²) in [6.07, 6.45) is 0. The zero-order valence-electron chi connectivity index (χ0n) is 11.8. The Labute approximate surface area is 135 Å². The number of benzene rings is 1. The summed E-state index contributed by atoms with van der Waals surface area (Å²) >= 11 is 3.18. The van der Waals surface area contributed by atoms with E-state index in [2.05, 4.69) is 10.3 Å². The van der Waals surface area contributed by atoms with Gasteiger partial charge in [0.25, 0.3) is 5.91 Å². The Hall–Kier alpha value is -2.05. The maximum atomic E-state index is 13.6. The van der Waals surface area contributed by atoms with Gasteiger partial charge in [0.05, 0.1) is 22.7 Å². The van der Waals surface area contributed by atoms with Crippen molar-refractivity contribution >= 4 is 28.6 Å². The summed E-state index contributed by atoms with van der Waals surface area (Å²) in [4.78, 5) is 18.6. The highest BCUT2D eigenvalue weighted by molar-refractivity contribution is 7.21. The van der Waals surface area contributed by atoms with Gasteiger partial charge >= 0.3 is 0 Å². The van der Waals surface area contributed by atoms with Gasteiger partial charge < -0.3 is 5.32 Å². The zero-order chi connectivity index (χ0) is 15.5. The van der Waals surface area contributed by atoms with E-state index in [9.17, 15) is 9.18 Å². The summed E-state index contributed by atoms with van der Waals surface area (Å²) in [5, 5.41) is 5.70. The summed E-state index contributed by atoms with van der Waals surface area (Å²) < 4.78 is 13.6. The number of nitrogens with zero attached hydrogens (tertiary/aromatic N) is 1. The molecule has 1 N–H and O–H groups in total. The average molecular weight is 332 g/mol. The molecule has 3 rings (SSSR count). The first kappa shape index (κ1) is 14.9. The smallest absolute Gasteiger partial charge is 0.254 e. The fourth-order valence-corrected chi connectivity index (χ4v) is 3.80. The standard InChI is InChI=1S/C16H13FN2OS2/c1-10-14(22-16(19-10)13-7-4-8-21-13)9-18-15(20)11-5-2-3-6-12(11)17/h2-8H,9H2,1H3,(H,18,20). The molecule has 6 heteroatoms. The van der Waals surface area contributed by atoms with E-state index in [1.165, 1.54) is 12.1 Å². The third kappa shape index (κ3) is 3.08. The number of carbonyl (C=O) groups excluding carboxylic acids is 1. The lowest BCUT2D eigenvalue weighted by atomic mass is 10.2. The van der Waals surface area contributed by atoms with E-state index < -0.39 is 11.7 Å². The Balaban J connectivity index is 1.72. The topological polar surface area (TPSA) is 42.0 Å². The highest BCUT2D eigenvalue weighted by Gasteiger charge is 2.13. The van der Waals surface area contributed by atoms with E-state index in [0.29, 0.717) is 6.54 Å². The molecule has 0 bridgehead atoms. The van der Waals surface area contributed by atoms with Crippen LogP contribution in [0.15, 0.2) is 41.8 Å². The lowest BCUT2D eigenvalue weighted by molar-refractivity contribution is 0.0947. The molecular weight excluding hydrogens is 319 g/mol. The summed E-state index contributed by atoms with van der Waals surface area (Å²) in [5.74, 6) is -0.927. The molecule has 1 aromatic carbocycles. The first-order valence-corrected chi connectivity index (χ1v) is 8.37. The van der Waals surface area contributed by atoms with E-state index in [0.717, 1.165) is 20.5 Å². The number of hydrogen-bond acceptors (Lipinski definition) is 4. The molecule has 112 valence electrons. The molecule has 2 aromatic heterocycles. The van der Waals surface area contributed by atoms with Gasteiger partial charge in [-0.1, -0.05) is 18.2 Å². The molecule has 2 heterocycles. The van der Waals surface area contributed by atoms with Gasteiger partial charge in [-0.3, -0.25) is 4.79 Å². The normalized spacial score (nSPS) is 10.6. The van der Waals surface area contributed by atoms with Crippen LogP contribution in [0, 0.1) is 12.7 Å². The van der Waals surface area contributed by atoms with Crippen molar-refractivity contribution in [1.29, 1.82) is 0 Å². The molecule has 0 aliphatic heterocycles. The molecule has 3 nitrogen and oxygen atoms in total. The fourth-order valence-electron chi connectivity index (χ4n) is 2.00. The van der Waals surface area contributed by atoms with Gasteiger partial charge in [0, 0.05) is 4.88 Å². The van der Waals surface area contributed by atoms with E-state index in [1.54, 1.807) is 34.8 Å². The van der Waals surface area contributed by atoms with Gasteiger partial charge in [-0.15, -0.1) is 22.7 Å². The predicted molar refractivity (Wildman–Crippen MR) is 87.7 cm³/mol. The minimum Gasteiger partial charge on any atom is -0.347 e. The second-order valence-corrected chi connectivity index (χ2v) is 6.70. The molecule has 0 saturated carbocycles. The van der Waals surface area contributed by atoms with Crippen LogP contribution in [-0.2, 0) is 6.54 Å². The van der Waals surface area contributed by atoms with Crippen molar-refractivity contribution in [3.05, 3.63) is 63.7 Å². The molecule has 0 unspecified atom stereocenters. The van der Waals surface area contributed by atoms with Gasteiger partial charge in [-0.05, 0) is 30.5 Å². The van der Waals surface area contributed by atoms with Crippen LogP contribution < -0.4 is 5.32 Å². The molecule has 0 saturated heterocycles. The highest BCUT2D eigenvalue weighted by atomic mass is 32.1. The zero-order valence-corrected chi connectivity index (χ0v) is 13.4. The fraction of sp³-hybridized carbons (Fsp3) is 0.125.